The molecule has 1 heterocycles. The van der Waals surface area contributed by atoms with E-state index in [0.29, 0.717) is 12.3 Å². The average molecular weight is 273 g/mol. The summed E-state index contributed by atoms with van der Waals surface area (Å²) in [6.45, 7) is 4.75. The molecule has 1 aliphatic carbocycles. The first kappa shape index (κ1) is 13.6. The SMILES string of the molecule is COc1cc(C)ccc1C(=O)CN1CC2CCCC2C1. The van der Waals surface area contributed by atoms with Crippen LogP contribution in [0.15, 0.2) is 18.2 Å². The van der Waals surface area contributed by atoms with E-state index in [1.807, 2.05) is 25.1 Å². The Morgan fingerprint density at radius 3 is 2.65 bits per heavy atom. The molecular formula is C17H23NO2. The zero-order chi connectivity index (χ0) is 14.1. The van der Waals surface area contributed by atoms with Crippen molar-refractivity contribution in [3.8, 4) is 5.75 Å². The zero-order valence-corrected chi connectivity index (χ0v) is 12.4. The molecule has 2 aliphatic rings. The Balaban J connectivity index is 1.68. The number of carbonyl (C=O) groups is 1. The number of hydrogen-bond donors (Lipinski definition) is 0. The van der Waals surface area contributed by atoms with Crippen LogP contribution in [0.4, 0.5) is 0 Å². The summed E-state index contributed by atoms with van der Waals surface area (Å²) in [5, 5.41) is 0. The Labute approximate surface area is 120 Å². The van der Waals surface area contributed by atoms with Gasteiger partial charge in [-0.3, -0.25) is 9.69 Å². The lowest BCUT2D eigenvalue weighted by molar-refractivity contribution is 0.0938. The first-order chi connectivity index (χ1) is 9.67. The Morgan fingerprint density at radius 1 is 1.30 bits per heavy atom. The summed E-state index contributed by atoms with van der Waals surface area (Å²) < 4.78 is 5.35. The number of Topliss-reactive ketones (excluding diaryl/α,β-unsaturated/α-hetero) is 1. The molecule has 2 fully saturated rings. The van der Waals surface area contributed by atoms with Crippen molar-refractivity contribution in [3.05, 3.63) is 29.3 Å². The molecule has 1 aromatic rings. The summed E-state index contributed by atoms with van der Waals surface area (Å²) >= 11 is 0. The highest BCUT2D eigenvalue weighted by Gasteiger charge is 2.36. The van der Waals surface area contributed by atoms with Crippen molar-refractivity contribution >= 4 is 5.78 Å². The Morgan fingerprint density at radius 2 is 2.00 bits per heavy atom. The molecule has 0 spiro atoms. The molecule has 2 unspecified atom stereocenters. The van der Waals surface area contributed by atoms with E-state index in [1.165, 1.54) is 19.3 Å². The van der Waals surface area contributed by atoms with E-state index in [2.05, 4.69) is 4.90 Å². The van der Waals surface area contributed by atoms with Crippen molar-refractivity contribution in [2.75, 3.05) is 26.7 Å². The fourth-order valence-electron chi connectivity index (χ4n) is 3.78. The van der Waals surface area contributed by atoms with Crippen molar-refractivity contribution in [2.24, 2.45) is 11.8 Å². The van der Waals surface area contributed by atoms with Crippen molar-refractivity contribution in [1.29, 1.82) is 0 Å². The van der Waals surface area contributed by atoms with Crippen molar-refractivity contribution < 1.29 is 9.53 Å². The van der Waals surface area contributed by atoms with Gasteiger partial charge in [-0.2, -0.15) is 0 Å². The maximum Gasteiger partial charge on any atom is 0.180 e. The van der Waals surface area contributed by atoms with Crippen LogP contribution in [0.3, 0.4) is 0 Å². The van der Waals surface area contributed by atoms with Crippen LogP contribution in [0.2, 0.25) is 0 Å². The van der Waals surface area contributed by atoms with Gasteiger partial charge in [0.2, 0.25) is 0 Å². The standard InChI is InChI=1S/C17H23NO2/c1-12-6-7-15(17(8-12)20-2)16(19)11-18-9-13-4-3-5-14(13)10-18/h6-8,13-14H,3-5,9-11H2,1-2H3. The third-order valence-corrected chi connectivity index (χ3v) is 4.83. The highest BCUT2D eigenvalue weighted by Crippen LogP contribution is 2.37. The maximum absolute atomic E-state index is 12.5. The third-order valence-electron chi connectivity index (χ3n) is 4.83. The zero-order valence-electron chi connectivity index (χ0n) is 12.4. The van der Waals surface area contributed by atoms with Crippen LogP contribution in [0.5, 0.6) is 5.75 Å². The summed E-state index contributed by atoms with van der Waals surface area (Å²) in [5.74, 6) is 2.56. The van der Waals surface area contributed by atoms with E-state index < -0.39 is 0 Å². The van der Waals surface area contributed by atoms with Gasteiger partial charge in [-0.15, -0.1) is 0 Å². The minimum atomic E-state index is 0.182. The second kappa shape index (κ2) is 5.57. The van der Waals surface area contributed by atoms with Gasteiger partial charge < -0.3 is 4.74 Å². The minimum Gasteiger partial charge on any atom is -0.496 e. The summed E-state index contributed by atoms with van der Waals surface area (Å²) in [6, 6.07) is 5.81. The number of likely N-dealkylation sites (tertiary alicyclic amines) is 1. The smallest absolute Gasteiger partial charge is 0.180 e. The van der Waals surface area contributed by atoms with Crippen LogP contribution in [0.1, 0.15) is 35.2 Å². The number of nitrogens with zero attached hydrogens (tertiary/aromatic N) is 1. The second-order valence-corrected chi connectivity index (χ2v) is 6.27. The maximum atomic E-state index is 12.5. The largest absolute Gasteiger partial charge is 0.496 e. The summed E-state index contributed by atoms with van der Waals surface area (Å²) in [6.07, 6.45) is 4.08. The topological polar surface area (TPSA) is 29.5 Å². The van der Waals surface area contributed by atoms with E-state index in [0.717, 1.165) is 36.1 Å². The number of aryl methyl sites for hydroxylation is 1. The lowest BCUT2D eigenvalue weighted by Crippen LogP contribution is -2.28. The predicted molar refractivity (Wildman–Crippen MR) is 79.3 cm³/mol. The molecule has 2 atom stereocenters. The lowest BCUT2D eigenvalue weighted by Gasteiger charge is -2.17. The summed E-state index contributed by atoms with van der Waals surface area (Å²) in [5.41, 5.74) is 1.84. The average Bonchev–Trinajstić information content (AvgIpc) is 2.99. The summed E-state index contributed by atoms with van der Waals surface area (Å²) in [4.78, 5) is 14.8. The lowest BCUT2D eigenvalue weighted by atomic mass is 10.0. The van der Waals surface area contributed by atoms with Crippen LogP contribution < -0.4 is 4.74 Å². The van der Waals surface area contributed by atoms with Crippen LogP contribution >= 0.6 is 0 Å². The van der Waals surface area contributed by atoms with Gasteiger partial charge in [0.25, 0.3) is 0 Å². The number of fused-ring (bicyclic) bond motifs is 1. The highest BCUT2D eigenvalue weighted by molar-refractivity contribution is 6.00. The second-order valence-electron chi connectivity index (χ2n) is 6.27. The van der Waals surface area contributed by atoms with Crippen molar-refractivity contribution in [2.45, 2.75) is 26.2 Å². The number of ether oxygens (including phenoxy) is 1. The van der Waals surface area contributed by atoms with Crippen LogP contribution in [0.25, 0.3) is 0 Å². The molecule has 1 saturated heterocycles. The third kappa shape index (κ3) is 2.59. The molecule has 0 bridgehead atoms. The number of carbonyl (C=O) groups excluding carboxylic acids is 1. The van der Waals surface area contributed by atoms with Crippen LogP contribution in [0, 0.1) is 18.8 Å². The highest BCUT2D eigenvalue weighted by atomic mass is 16.5. The molecule has 0 radical (unpaired) electrons. The molecule has 0 amide bonds. The van der Waals surface area contributed by atoms with E-state index >= 15 is 0 Å². The molecule has 1 aliphatic heterocycles. The molecule has 20 heavy (non-hydrogen) atoms. The van der Waals surface area contributed by atoms with Gasteiger partial charge >= 0.3 is 0 Å². The van der Waals surface area contributed by atoms with E-state index in [-0.39, 0.29) is 5.78 Å². The molecular weight excluding hydrogens is 250 g/mol. The number of ketones is 1. The van der Waals surface area contributed by atoms with Gasteiger partial charge in [-0.1, -0.05) is 12.5 Å². The molecule has 108 valence electrons. The van der Waals surface area contributed by atoms with Gasteiger partial charge in [0, 0.05) is 13.1 Å². The number of methoxy groups -OCH3 is 1. The van der Waals surface area contributed by atoms with Gasteiger partial charge in [0.1, 0.15) is 5.75 Å². The molecule has 0 aromatic heterocycles. The van der Waals surface area contributed by atoms with Gasteiger partial charge in [0.15, 0.2) is 5.78 Å². The first-order valence-corrected chi connectivity index (χ1v) is 7.57. The van der Waals surface area contributed by atoms with E-state index in [4.69, 9.17) is 4.74 Å². The van der Waals surface area contributed by atoms with Crippen molar-refractivity contribution in [3.63, 3.8) is 0 Å². The minimum absolute atomic E-state index is 0.182. The molecule has 0 N–H and O–H groups in total. The molecule has 1 aromatic carbocycles. The molecule has 3 rings (SSSR count). The van der Waals surface area contributed by atoms with Crippen LogP contribution in [-0.4, -0.2) is 37.4 Å². The fraction of sp³-hybridized carbons (Fsp3) is 0.588. The first-order valence-electron chi connectivity index (χ1n) is 7.57. The van der Waals surface area contributed by atoms with Crippen molar-refractivity contribution in [1.82, 2.24) is 4.90 Å². The predicted octanol–water partition coefficient (Wildman–Crippen LogP) is 2.92. The Bertz CT molecular complexity index is 500. The number of benzene rings is 1. The quantitative estimate of drug-likeness (QED) is 0.790. The molecule has 1 saturated carbocycles. The Kier molecular flexibility index (Phi) is 3.79. The Hall–Kier alpha value is -1.35. The van der Waals surface area contributed by atoms with E-state index in [9.17, 15) is 4.79 Å². The number of hydrogen-bond acceptors (Lipinski definition) is 3. The van der Waals surface area contributed by atoms with Gasteiger partial charge in [0.05, 0.1) is 19.2 Å². The van der Waals surface area contributed by atoms with Gasteiger partial charge in [-0.05, 0) is 49.3 Å². The fourth-order valence-corrected chi connectivity index (χ4v) is 3.78. The van der Waals surface area contributed by atoms with Gasteiger partial charge in [-0.25, -0.2) is 0 Å². The number of rotatable bonds is 4. The summed E-state index contributed by atoms with van der Waals surface area (Å²) in [7, 11) is 1.63. The molecule has 3 nitrogen and oxygen atoms in total. The normalized spacial score (nSPS) is 25.7. The van der Waals surface area contributed by atoms with E-state index in [1.54, 1.807) is 7.11 Å². The van der Waals surface area contributed by atoms with Crippen LogP contribution in [-0.2, 0) is 0 Å². The monoisotopic (exact) mass is 273 g/mol. The molecule has 3 heteroatoms.